The van der Waals surface area contributed by atoms with Crippen molar-refractivity contribution >= 4 is 10.8 Å². The summed E-state index contributed by atoms with van der Waals surface area (Å²) in [5.74, 6) is 0.769. The van der Waals surface area contributed by atoms with Gasteiger partial charge in [0.1, 0.15) is 0 Å². The highest BCUT2D eigenvalue weighted by Crippen LogP contribution is 2.36. The van der Waals surface area contributed by atoms with Crippen LogP contribution in [0.2, 0.25) is 0 Å². The van der Waals surface area contributed by atoms with Crippen molar-refractivity contribution < 1.29 is 9.15 Å². The largest absolute Gasteiger partial charge is 0.444 e. The number of pyridine rings is 1. The number of aromatic nitrogens is 2. The second kappa shape index (κ2) is 9.21. The summed E-state index contributed by atoms with van der Waals surface area (Å²) in [7, 11) is 0. The minimum absolute atomic E-state index is 0.769. The van der Waals surface area contributed by atoms with Crippen molar-refractivity contribution in [3.8, 4) is 33.6 Å². The van der Waals surface area contributed by atoms with Crippen LogP contribution < -0.4 is 0 Å². The molecule has 0 spiro atoms. The maximum Gasteiger partial charge on any atom is 0.181 e. The van der Waals surface area contributed by atoms with Gasteiger partial charge in [-0.2, -0.15) is 0 Å². The number of rotatable bonds is 5. The molecule has 0 saturated carbocycles. The minimum Gasteiger partial charge on any atom is -0.444 e. The van der Waals surface area contributed by atoms with E-state index in [0.29, 0.717) is 0 Å². The van der Waals surface area contributed by atoms with Crippen LogP contribution in [0.5, 0.6) is 0 Å². The van der Waals surface area contributed by atoms with Gasteiger partial charge in [0.2, 0.25) is 0 Å². The molecule has 0 radical (unpaired) electrons. The lowest BCUT2D eigenvalue weighted by Crippen LogP contribution is -2.35. The van der Waals surface area contributed by atoms with E-state index in [9.17, 15) is 0 Å². The van der Waals surface area contributed by atoms with Crippen molar-refractivity contribution in [2.24, 2.45) is 0 Å². The second-order valence-corrected chi connectivity index (χ2v) is 8.58. The van der Waals surface area contributed by atoms with Gasteiger partial charge in [-0.15, -0.1) is 0 Å². The Labute approximate surface area is 198 Å². The van der Waals surface area contributed by atoms with E-state index in [1.165, 1.54) is 28.3 Å². The zero-order valence-electron chi connectivity index (χ0n) is 18.9. The fourth-order valence-corrected chi connectivity index (χ4v) is 4.67. The van der Waals surface area contributed by atoms with E-state index >= 15 is 0 Å². The third-order valence-corrected chi connectivity index (χ3v) is 6.44. The van der Waals surface area contributed by atoms with Crippen molar-refractivity contribution in [2.45, 2.75) is 6.54 Å². The molecule has 1 fully saturated rings. The number of oxazole rings is 1. The Kier molecular flexibility index (Phi) is 5.63. The molecule has 2 aromatic heterocycles. The third kappa shape index (κ3) is 4.12. The van der Waals surface area contributed by atoms with Crippen LogP contribution in [0.15, 0.2) is 96.0 Å². The molecule has 5 nitrogen and oxygen atoms in total. The van der Waals surface area contributed by atoms with E-state index in [1.54, 1.807) is 6.20 Å². The van der Waals surface area contributed by atoms with Crippen LogP contribution in [0.3, 0.4) is 0 Å². The molecule has 34 heavy (non-hydrogen) atoms. The smallest absolute Gasteiger partial charge is 0.181 e. The van der Waals surface area contributed by atoms with Gasteiger partial charge in [-0.3, -0.25) is 9.88 Å². The predicted octanol–water partition coefficient (Wildman–Crippen LogP) is 6.06. The molecule has 3 heterocycles. The van der Waals surface area contributed by atoms with Gasteiger partial charge in [0.15, 0.2) is 12.2 Å². The van der Waals surface area contributed by atoms with Crippen molar-refractivity contribution in [1.82, 2.24) is 14.9 Å². The molecule has 1 aliphatic rings. The number of nitrogens with zero attached hydrogens (tertiary/aromatic N) is 3. The van der Waals surface area contributed by atoms with E-state index in [0.717, 1.165) is 61.0 Å². The summed E-state index contributed by atoms with van der Waals surface area (Å²) in [5, 5.41) is 2.43. The summed E-state index contributed by atoms with van der Waals surface area (Å²) < 4.78 is 11.0. The monoisotopic (exact) mass is 447 g/mol. The Morgan fingerprint density at radius 1 is 0.735 bits per heavy atom. The van der Waals surface area contributed by atoms with Crippen LogP contribution in [0.1, 0.15) is 5.69 Å². The standard InChI is InChI=1S/C29H25N3O2/c1-2-7-28-26(23-8-9-24(31-17-23)19-32-12-14-33-15-13-32)11-10-25(27(28)6-1)21-4-3-5-22(16-21)29-18-30-20-34-29/h1-11,16-18,20H,12-15,19H2. The first-order valence-electron chi connectivity index (χ1n) is 11.6. The summed E-state index contributed by atoms with van der Waals surface area (Å²) in [6.45, 7) is 4.40. The van der Waals surface area contributed by atoms with Gasteiger partial charge < -0.3 is 9.15 Å². The van der Waals surface area contributed by atoms with Crippen LogP contribution >= 0.6 is 0 Å². The molecule has 0 bridgehead atoms. The normalized spacial score (nSPS) is 14.5. The Balaban J connectivity index is 1.35. The first kappa shape index (κ1) is 20.8. The second-order valence-electron chi connectivity index (χ2n) is 8.58. The third-order valence-electron chi connectivity index (χ3n) is 6.44. The lowest BCUT2D eigenvalue weighted by atomic mass is 9.92. The van der Waals surface area contributed by atoms with Crippen molar-refractivity contribution in [3.63, 3.8) is 0 Å². The van der Waals surface area contributed by atoms with Gasteiger partial charge in [0.05, 0.1) is 25.1 Å². The molecule has 1 saturated heterocycles. The molecule has 5 aromatic rings. The number of fused-ring (bicyclic) bond motifs is 1. The van der Waals surface area contributed by atoms with E-state index in [-0.39, 0.29) is 0 Å². The highest BCUT2D eigenvalue weighted by atomic mass is 16.5. The van der Waals surface area contributed by atoms with Crippen molar-refractivity contribution in [1.29, 1.82) is 0 Å². The SMILES string of the molecule is c1cc(-c2cnco2)cc(-c2ccc(-c3ccc(CN4CCOCC4)nc3)c3ccccc23)c1. The minimum atomic E-state index is 0.769. The molecular weight excluding hydrogens is 422 g/mol. The van der Waals surface area contributed by atoms with Crippen LogP contribution in [0, 0.1) is 0 Å². The fourth-order valence-electron chi connectivity index (χ4n) is 4.67. The van der Waals surface area contributed by atoms with Gasteiger partial charge in [0, 0.05) is 37.0 Å². The molecule has 1 aliphatic heterocycles. The average Bonchev–Trinajstić information content (AvgIpc) is 3.45. The summed E-state index contributed by atoms with van der Waals surface area (Å²) in [5.41, 5.74) is 6.77. The topological polar surface area (TPSA) is 51.4 Å². The molecule has 0 aliphatic carbocycles. The maximum atomic E-state index is 5.51. The molecule has 6 rings (SSSR count). The highest BCUT2D eigenvalue weighted by Gasteiger charge is 2.13. The molecule has 168 valence electrons. The Morgan fingerprint density at radius 3 is 2.21 bits per heavy atom. The van der Waals surface area contributed by atoms with Crippen LogP contribution in [0.25, 0.3) is 44.3 Å². The molecule has 0 atom stereocenters. The zero-order chi connectivity index (χ0) is 22.7. The van der Waals surface area contributed by atoms with Gasteiger partial charge in [-0.25, -0.2) is 4.98 Å². The lowest BCUT2D eigenvalue weighted by molar-refractivity contribution is 0.0336. The first-order chi connectivity index (χ1) is 16.8. The van der Waals surface area contributed by atoms with E-state index in [1.807, 2.05) is 12.3 Å². The van der Waals surface area contributed by atoms with Gasteiger partial charge in [-0.1, -0.05) is 60.7 Å². The van der Waals surface area contributed by atoms with Crippen LogP contribution in [-0.4, -0.2) is 41.2 Å². The molecular formula is C29H25N3O2. The Hall–Kier alpha value is -3.80. The van der Waals surface area contributed by atoms with Crippen molar-refractivity contribution in [3.05, 3.63) is 97.3 Å². The average molecular weight is 448 g/mol. The van der Waals surface area contributed by atoms with Crippen LogP contribution in [-0.2, 0) is 11.3 Å². The number of hydrogen-bond donors (Lipinski definition) is 0. The number of ether oxygens (including phenoxy) is 1. The molecule has 0 N–H and O–H groups in total. The van der Waals surface area contributed by atoms with E-state index in [2.05, 4.69) is 76.6 Å². The number of benzene rings is 3. The highest BCUT2D eigenvalue weighted by molar-refractivity contribution is 6.05. The summed E-state index contributed by atoms with van der Waals surface area (Å²) in [6.07, 6.45) is 5.21. The molecule has 0 unspecified atom stereocenters. The molecule has 3 aromatic carbocycles. The quantitative estimate of drug-likeness (QED) is 0.328. The van der Waals surface area contributed by atoms with Gasteiger partial charge in [-0.05, 0) is 39.6 Å². The summed E-state index contributed by atoms with van der Waals surface area (Å²) >= 11 is 0. The van der Waals surface area contributed by atoms with Crippen molar-refractivity contribution in [2.75, 3.05) is 26.3 Å². The molecule has 0 amide bonds. The fraction of sp³-hybridized carbons (Fsp3) is 0.172. The Bertz CT molecular complexity index is 1410. The summed E-state index contributed by atoms with van der Waals surface area (Å²) in [6, 6.07) is 25.7. The van der Waals surface area contributed by atoms with Crippen LogP contribution in [0.4, 0.5) is 0 Å². The number of morpholine rings is 1. The zero-order valence-corrected chi connectivity index (χ0v) is 18.9. The van der Waals surface area contributed by atoms with E-state index in [4.69, 9.17) is 14.1 Å². The summed E-state index contributed by atoms with van der Waals surface area (Å²) in [4.78, 5) is 11.2. The molecule has 5 heteroatoms. The van der Waals surface area contributed by atoms with Gasteiger partial charge >= 0.3 is 0 Å². The van der Waals surface area contributed by atoms with Gasteiger partial charge in [0.25, 0.3) is 0 Å². The predicted molar refractivity (Wildman–Crippen MR) is 134 cm³/mol. The maximum absolute atomic E-state index is 5.51. The Morgan fingerprint density at radius 2 is 1.50 bits per heavy atom. The van der Waals surface area contributed by atoms with E-state index < -0.39 is 0 Å². The number of hydrogen-bond acceptors (Lipinski definition) is 5. The first-order valence-corrected chi connectivity index (χ1v) is 11.6. The lowest BCUT2D eigenvalue weighted by Gasteiger charge is -2.26.